The van der Waals surface area contributed by atoms with E-state index >= 15 is 0 Å². The van der Waals surface area contributed by atoms with E-state index in [1.807, 2.05) is 0 Å². The highest BCUT2D eigenvalue weighted by molar-refractivity contribution is 14.1. The lowest BCUT2D eigenvalue weighted by molar-refractivity contribution is -0.139. The minimum Gasteiger partial charge on any atom is -0.481 e. The molecule has 1 aromatic rings. The van der Waals surface area contributed by atoms with Crippen molar-refractivity contribution in [3.05, 3.63) is 30.4 Å². The van der Waals surface area contributed by atoms with Crippen LogP contribution in [0.3, 0.4) is 0 Å². The Kier molecular flexibility index (Phi) is 7.80. The van der Waals surface area contributed by atoms with Crippen molar-refractivity contribution in [1.29, 1.82) is 5.26 Å². The van der Waals surface area contributed by atoms with Gasteiger partial charge in [-0.25, -0.2) is 0 Å². The Morgan fingerprint density at radius 2 is 1.90 bits per heavy atom. The number of aliphatic carboxylic acids is 1. The van der Waals surface area contributed by atoms with Gasteiger partial charge in [0.05, 0.1) is 17.6 Å². The van der Waals surface area contributed by atoms with Gasteiger partial charge in [0.25, 0.3) is 0 Å². The summed E-state index contributed by atoms with van der Waals surface area (Å²) in [4.78, 5) is 11.6. The van der Waals surface area contributed by atoms with E-state index in [0.717, 1.165) is 38.4 Å². The minimum absolute atomic E-state index is 0.474. The SMILES string of the molecule is CCCCCCC(C(=O)O)c1c(I)cc(C#N)cc1I. The number of benzene rings is 1. The van der Waals surface area contributed by atoms with E-state index in [1.165, 1.54) is 0 Å². The lowest BCUT2D eigenvalue weighted by atomic mass is 9.92. The zero-order valence-corrected chi connectivity index (χ0v) is 15.6. The van der Waals surface area contributed by atoms with Crippen molar-refractivity contribution in [3.8, 4) is 6.07 Å². The van der Waals surface area contributed by atoms with E-state index in [0.29, 0.717) is 12.0 Å². The van der Waals surface area contributed by atoms with Gasteiger partial charge in [0.15, 0.2) is 0 Å². The Balaban J connectivity index is 2.98. The van der Waals surface area contributed by atoms with Gasteiger partial charge in [-0.2, -0.15) is 5.26 Å². The van der Waals surface area contributed by atoms with Crippen LogP contribution in [-0.4, -0.2) is 11.1 Å². The van der Waals surface area contributed by atoms with E-state index in [1.54, 1.807) is 12.1 Å². The quantitative estimate of drug-likeness (QED) is 0.431. The van der Waals surface area contributed by atoms with Crippen LogP contribution in [0.4, 0.5) is 0 Å². The molecule has 0 saturated carbocycles. The predicted molar refractivity (Wildman–Crippen MR) is 95.7 cm³/mol. The molecule has 108 valence electrons. The standard InChI is InChI=1S/C15H17I2NO2/c1-2-3-4-5-6-11(15(19)20)14-12(16)7-10(9-18)8-13(14)17/h7-8,11H,2-6H2,1H3,(H,19,20). The van der Waals surface area contributed by atoms with E-state index in [9.17, 15) is 9.90 Å². The van der Waals surface area contributed by atoms with E-state index < -0.39 is 11.9 Å². The maximum Gasteiger partial charge on any atom is 0.311 e. The Hall–Kier alpha value is -0.360. The van der Waals surface area contributed by atoms with E-state index in [-0.39, 0.29) is 0 Å². The van der Waals surface area contributed by atoms with Crippen LogP contribution in [0, 0.1) is 18.5 Å². The Labute approximate surface area is 147 Å². The van der Waals surface area contributed by atoms with Gasteiger partial charge in [0, 0.05) is 7.14 Å². The lowest BCUT2D eigenvalue weighted by Gasteiger charge is -2.16. The molecule has 1 atom stereocenters. The third-order valence-electron chi connectivity index (χ3n) is 3.20. The number of hydrogen-bond acceptors (Lipinski definition) is 2. The molecule has 0 aliphatic heterocycles. The zero-order chi connectivity index (χ0) is 15.1. The molecule has 0 amide bonds. The van der Waals surface area contributed by atoms with Crippen LogP contribution in [0.1, 0.15) is 56.1 Å². The van der Waals surface area contributed by atoms with Crippen molar-refractivity contribution in [2.45, 2.75) is 44.9 Å². The fourth-order valence-electron chi connectivity index (χ4n) is 2.15. The van der Waals surface area contributed by atoms with Crippen molar-refractivity contribution in [3.63, 3.8) is 0 Å². The molecule has 1 rings (SSSR count). The summed E-state index contributed by atoms with van der Waals surface area (Å²) in [6.07, 6.45) is 4.95. The van der Waals surface area contributed by atoms with Crippen LogP contribution in [0.15, 0.2) is 12.1 Å². The number of nitriles is 1. The summed E-state index contributed by atoms with van der Waals surface area (Å²) in [5.41, 5.74) is 1.44. The molecule has 1 unspecified atom stereocenters. The monoisotopic (exact) mass is 497 g/mol. The van der Waals surface area contributed by atoms with Crippen molar-refractivity contribution in [1.82, 2.24) is 0 Å². The number of rotatable bonds is 7. The highest BCUT2D eigenvalue weighted by Gasteiger charge is 2.24. The topological polar surface area (TPSA) is 61.1 Å². The number of carbonyl (C=O) groups is 1. The summed E-state index contributed by atoms with van der Waals surface area (Å²) in [6, 6.07) is 5.63. The molecule has 0 bridgehead atoms. The molecule has 0 spiro atoms. The maximum absolute atomic E-state index is 11.6. The fraction of sp³-hybridized carbons (Fsp3) is 0.467. The average Bonchev–Trinajstić information content (AvgIpc) is 2.40. The van der Waals surface area contributed by atoms with Gasteiger partial charge in [-0.05, 0) is 69.3 Å². The summed E-state index contributed by atoms with van der Waals surface area (Å²) >= 11 is 4.27. The molecule has 0 radical (unpaired) electrons. The first-order valence-electron chi connectivity index (χ1n) is 6.63. The Morgan fingerprint density at radius 3 is 2.35 bits per heavy atom. The first-order chi connectivity index (χ1) is 9.51. The third kappa shape index (κ3) is 4.88. The van der Waals surface area contributed by atoms with Crippen LogP contribution in [0.2, 0.25) is 0 Å². The molecular formula is C15H17I2NO2. The highest BCUT2D eigenvalue weighted by Crippen LogP contribution is 2.32. The van der Waals surface area contributed by atoms with Crippen LogP contribution >= 0.6 is 45.2 Å². The summed E-state index contributed by atoms with van der Waals surface area (Å²) in [7, 11) is 0. The highest BCUT2D eigenvalue weighted by atomic mass is 127. The van der Waals surface area contributed by atoms with Crippen molar-refractivity contribution < 1.29 is 9.90 Å². The van der Waals surface area contributed by atoms with Gasteiger partial charge in [0.2, 0.25) is 0 Å². The molecule has 5 heteroatoms. The molecule has 3 nitrogen and oxygen atoms in total. The predicted octanol–water partition coefficient (Wildman–Crippen LogP) is 4.91. The van der Waals surface area contributed by atoms with E-state index in [4.69, 9.17) is 5.26 Å². The van der Waals surface area contributed by atoms with Crippen LogP contribution in [0.25, 0.3) is 0 Å². The molecule has 0 aliphatic carbocycles. The molecular weight excluding hydrogens is 480 g/mol. The Bertz CT molecular complexity index is 500. The van der Waals surface area contributed by atoms with Crippen LogP contribution in [-0.2, 0) is 4.79 Å². The van der Waals surface area contributed by atoms with Crippen molar-refractivity contribution >= 4 is 51.2 Å². The number of unbranched alkanes of at least 4 members (excludes halogenated alkanes) is 3. The lowest BCUT2D eigenvalue weighted by Crippen LogP contribution is -2.15. The molecule has 0 aliphatic rings. The molecule has 0 saturated heterocycles. The molecule has 1 aromatic carbocycles. The second-order valence-corrected chi connectivity index (χ2v) is 7.03. The van der Waals surface area contributed by atoms with Crippen molar-refractivity contribution in [2.24, 2.45) is 0 Å². The van der Waals surface area contributed by atoms with Gasteiger partial charge in [-0.3, -0.25) is 4.79 Å². The zero-order valence-electron chi connectivity index (χ0n) is 11.3. The van der Waals surface area contributed by atoms with Gasteiger partial charge in [-0.15, -0.1) is 0 Å². The number of carboxylic acids is 1. The maximum atomic E-state index is 11.6. The van der Waals surface area contributed by atoms with Crippen LogP contribution < -0.4 is 0 Å². The average molecular weight is 497 g/mol. The van der Waals surface area contributed by atoms with Gasteiger partial charge in [0.1, 0.15) is 0 Å². The first kappa shape index (κ1) is 17.7. The molecule has 0 heterocycles. The number of nitrogens with zero attached hydrogens (tertiary/aromatic N) is 1. The summed E-state index contributed by atoms with van der Waals surface area (Å²) in [5, 5.41) is 18.4. The molecule has 1 N–H and O–H groups in total. The van der Waals surface area contributed by atoms with Gasteiger partial charge >= 0.3 is 5.97 Å². The minimum atomic E-state index is -0.776. The molecule has 0 aromatic heterocycles. The molecule has 0 fully saturated rings. The number of carboxylic acid groups (broad SMARTS) is 1. The Morgan fingerprint density at radius 1 is 1.30 bits per heavy atom. The summed E-state index contributed by atoms with van der Waals surface area (Å²) in [6.45, 7) is 2.14. The second-order valence-electron chi connectivity index (χ2n) is 4.71. The smallest absolute Gasteiger partial charge is 0.311 e. The fourth-order valence-corrected chi connectivity index (χ4v) is 4.67. The third-order valence-corrected chi connectivity index (χ3v) is 4.99. The second kappa shape index (κ2) is 8.82. The molecule has 20 heavy (non-hydrogen) atoms. The van der Waals surface area contributed by atoms with E-state index in [2.05, 4.69) is 58.2 Å². The van der Waals surface area contributed by atoms with Crippen LogP contribution in [0.5, 0.6) is 0 Å². The van der Waals surface area contributed by atoms with Gasteiger partial charge in [-0.1, -0.05) is 32.6 Å². The summed E-state index contributed by atoms with van der Waals surface area (Å²) < 4.78 is 1.74. The first-order valence-corrected chi connectivity index (χ1v) is 8.78. The number of halogens is 2. The van der Waals surface area contributed by atoms with Gasteiger partial charge < -0.3 is 5.11 Å². The normalized spacial score (nSPS) is 11.9. The largest absolute Gasteiger partial charge is 0.481 e. The summed E-state index contributed by atoms with van der Waals surface area (Å²) in [5.74, 6) is -1.25. The van der Waals surface area contributed by atoms with Crippen molar-refractivity contribution in [2.75, 3.05) is 0 Å². The number of hydrogen-bond donors (Lipinski definition) is 1.